The number of carboxylic acids is 1. The first-order valence-corrected chi connectivity index (χ1v) is 7.27. The maximum atomic E-state index is 12.4. The van der Waals surface area contributed by atoms with Crippen LogP contribution in [0.15, 0.2) is 29.2 Å². The molecular formula is C12H15NO5S. The zero-order chi connectivity index (χ0) is 14.0. The van der Waals surface area contributed by atoms with E-state index in [1.165, 1.54) is 17.5 Å². The van der Waals surface area contributed by atoms with E-state index in [9.17, 15) is 13.2 Å². The summed E-state index contributed by atoms with van der Waals surface area (Å²) in [5, 5.41) is 8.92. The smallest absolute Gasteiger partial charge is 0.307 e. The van der Waals surface area contributed by atoms with Gasteiger partial charge in [-0.25, -0.2) is 8.42 Å². The van der Waals surface area contributed by atoms with Crippen LogP contribution in [0, 0.1) is 5.92 Å². The van der Waals surface area contributed by atoms with Crippen LogP contribution < -0.4 is 4.74 Å². The largest absolute Gasteiger partial charge is 0.495 e. The highest BCUT2D eigenvalue weighted by atomic mass is 32.2. The molecule has 1 aromatic carbocycles. The minimum Gasteiger partial charge on any atom is -0.495 e. The first-order valence-electron chi connectivity index (χ1n) is 5.83. The average molecular weight is 285 g/mol. The lowest BCUT2D eigenvalue weighted by Crippen LogP contribution is -2.30. The minimum absolute atomic E-state index is 0.00964. The lowest BCUT2D eigenvalue weighted by molar-refractivity contribution is -0.141. The molecule has 0 aliphatic carbocycles. The second-order valence-corrected chi connectivity index (χ2v) is 6.24. The number of nitrogens with zero attached hydrogens (tertiary/aromatic N) is 1. The Labute approximate surface area is 111 Å². The van der Waals surface area contributed by atoms with Gasteiger partial charge in [-0.3, -0.25) is 4.79 Å². The molecule has 0 amide bonds. The van der Waals surface area contributed by atoms with Crippen LogP contribution in [0.1, 0.15) is 6.42 Å². The summed E-state index contributed by atoms with van der Waals surface area (Å²) in [6.45, 7) is 0.229. The van der Waals surface area contributed by atoms with Crippen LogP contribution in [0.4, 0.5) is 0 Å². The molecule has 1 N–H and O–H groups in total. The number of rotatable bonds is 4. The van der Waals surface area contributed by atoms with Gasteiger partial charge < -0.3 is 9.84 Å². The van der Waals surface area contributed by atoms with Crippen LogP contribution in [0.5, 0.6) is 5.75 Å². The van der Waals surface area contributed by atoms with Gasteiger partial charge in [0.25, 0.3) is 0 Å². The zero-order valence-electron chi connectivity index (χ0n) is 10.4. The Bertz CT molecular complexity index is 584. The highest BCUT2D eigenvalue weighted by Gasteiger charge is 2.36. The fraction of sp³-hybridized carbons (Fsp3) is 0.417. The predicted octanol–water partition coefficient (Wildman–Crippen LogP) is 0.790. The van der Waals surface area contributed by atoms with Crippen molar-refractivity contribution >= 4 is 16.0 Å². The molecule has 0 spiro atoms. The van der Waals surface area contributed by atoms with Gasteiger partial charge in [0.15, 0.2) is 0 Å². The van der Waals surface area contributed by atoms with E-state index in [-0.39, 0.29) is 23.7 Å². The Hall–Kier alpha value is -1.60. The Kier molecular flexibility index (Phi) is 3.77. The number of aliphatic carboxylic acids is 1. The van der Waals surface area contributed by atoms with Crippen molar-refractivity contribution in [3.05, 3.63) is 24.3 Å². The van der Waals surface area contributed by atoms with E-state index in [0.29, 0.717) is 6.42 Å². The van der Waals surface area contributed by atoms with Crippen LogP contribution in [0.3, 0.4) is 0 Å². The van der Waals surface area contributed by atoms with Gasteiger partial charge in [-0.1, -0.05) is 12.1 Å². The molecule has 1 aliphatic heterocycles. The van der Waals surface area contributed by atoms with E-state index in [0.717, 1.165) is 0 Å². The van der Waals surface area contributed by atoms with Crippen molar-refractivity contribution in [2.45, 2.75) is 11.3 Å². The summed E-state index contributed by atoms with van der Waals surface area (Å²) in [7, 11) is -2.30. The summed E-state index contributed by atoms with van der Waals surface area (Å²) in [6.07, 6.45) is 0.337. The van der Waals surface area contributed by atoms with Gasteiger partial charge in [-0.15, -0.1) is 0 Å². The third kappa shape index (κ3) is 2.57. The summed E-state index contributed by atoms with van der Waals surface area (Å²) in [4.78, 5) is 11.0. The van der Waals surface area contributed by atoms with Crippen molar-refractivity contribution < 1.29 is 23.1 Å². The molecule has 1 saturated heterocycles. The SMILES string of the molecule is COc1ccccc1S(=O)(=O)N1CC[C@@H](C(=O)O)C1. The van der Waals surface area contributed by atoms with E-state index in [1.54, 1.807) is 18.2 Å². The topological polar surface area (TPSA) is 83.9 Å². The molecule has 0 unspecified atom stereocenters. The number of hydrogen-bond donors (Lipinski definition) is 1. The highest BCUT2D eigenvalue weighted by Crippen LogP contribution is 2.29. The van der Waals surface area contributed by atoms with Crippen LogP contribution in [0.2, 0.25) is 0 Å². The summed E-state index contributed by atoms with van der Waals surface area (Å²) < 4.78 is 31.1. The second-order valence-electron chi connectivity index (χ2n) is 4.34. The molecule has 1 fully saturated rings. The number of ether oxygens (including phenoxy) is 1. The molecule has 104 valence electrons. The number of carboxylic acid groups (broad SMARTS) is 1. The molecule has 6 nitrogen and oxygen atoms in total. The Morgan fingerprint density at radius 3 is 2.68 bits per heavy atom. The Morgan fingerprint density at radius 2 is 2.11 bits per heavy atom. The lowest BCUT2D eigenvalue weighted by Gasteiger charge is -2.17. The van der Waals surface area contributed by atoms with Crippen LogP contribution in [0.25, 0.3) is 0 Å². The zero-order valence-corrected chi connectivity index (χ0v) is 11.3. The van der Waals surface area contributed by atoms with Crippen LogP contribution in [-0.4, -0.2) is 44.0 Å². The molecule has 19 heavy (non-hydrogen) atoms. The summed E-state index contributed by atoms with van der Waals surface area (Å²) >= 11 is 0. The van der Waals surface area contributed by atoms with Gasteiger partial charge in [0.1, 0.15) is 10.6 Å². The maximum Gasteiger partial charge on any atom is 0.307 e. The first kappa shape index (κ1) is 13.8. The third-order valence-electron chi connectivity index (χ3n) is 3.19. The molecule has 1 heterocycles. The molecule has 1 aliphatic rings. The van der Waals surface area contributed by atoms with Crippen LogP contribution >= 0.6 is 0 Å². The fourth-order valence-corrected chi connectivity index (χ4v) is 3.78. The third-order valence-corrected chi connectivity index (χ3v) is 5.09. The number of sulfonamides is 1. The van der Waals surface area contributed by atoms with Gasteiger partial charge in [-0.05, 0) is 18.6 Å². The van der Waals surface area contributed by atoms with Gasteiger partial charge in [0.2, 0.25) is 10.0 Å². The van der Waals surface area contributed by atoms with Crippen molar-refractivity contribution in [2.75, 3.05) is 20.2 Å². The van der Waals surface area contributed by atoms with Crippen molar-refractivity contribution in [3.63, 3.8) is 0 Å². The van der Waals surface area contributed by atoms with Gasteiger partial charge in [0, 0.05) is 13.1 Å². The van der Waals surface area contributed by atoms with Crippen molar-refractivity contribution in [2.24, 2.45) is 5.92 Å². The lowest BCUT2D eigenvalue weighted by atomic mass is 10.1. The molecule has 0 bridgehead atoms. The molecular weight excluding hydrogens is 270 g/mol. The Balaban J connectivity index is 2.31. The Morgan fingerprint density at radius 1 is 1.42 bits per heavy atom. The molecule has 0 aromatic heterocycles. The molecule has 0 radical (unpaired) electrons. The molecule has 1 aromatic rings. The first-order chi connectivity index (χ1) is 8.96. The van der Waals surface area contributed by atoms with Crippen molar-refractivity contribution in [1.82, 2.24) is 4.31 Å². The quantitative estimate of drug-likeness (QED) is 0.884. The molecule has 0 saturated carbocycles. The summed E-state index contributed by atoms with van der Waals surface area (Å²) in [5.41, 5.74) is 0. The van der Waals surface area contributed by atoms with E-state index in [4.69, 9.17) is 9.84 Å². The van der Waals surface area contributed by atoms with E-state index >= 15 is 0 Å². The number of benzene rings is 1. The monoisotopic (exact) mass is 285 g/mol. The molecule has 2 rings (SSSR count). The van der Waals surface area contributed by atoms with Gasteiger partial charge in [-0.2, -0.15) is 4.31 Å². The minimum atomic E-state index is -3.70. The second kappa shape index (κ2) is 5.18. The normalized spacial score (nSPS) is 20.4. The summed E-state index contributed by atoms with van der Waals surface area (Å²) in [6, 6.07) is 6.32. The van der Waals surface area contributed by atoms with Gasteiger partial charge in [0.05, 0.1) is 13.0 Å². The number of methoxy groups -OCH3 is 1. The van der Waals surface area contributed by atoms with Gasteiger partial charge >= 0.3 is 5.97 Å². The number of hydrogen-bond acceptors (Lipinski definition) is 4. The van der Waals surface area contributed by atoms with E-state index in [2.05, 4.69) is 0 Å². The van der Waals surface area contributed by atoms with E-state index < -0.39 is 21.9 Å². The highest BCUT2D eigenvalue weighted by molar-refractivity contribution is 7.89. The molecule has 1 atom stereocenters. The predicted molar refractivity (Wildman–Crippen MR) is 67.5 cm³/mol. The average Bonchev–Trinajstić information content (AvgIpc) is 2.89. The van der Waals surface area contributed by atoms with Crippen molar-refractivity contribution in [1.29, 1.82) is 0 Å². The maximum absolute atomic E-state index is 12.4. The van der Waals surface area contributed by atoms with E-state index in [1.807, 2.05) is 0 Å². The number of para-hydroxylation sites is 1. The fourth-order valence-electron chi connectivity index (χ4n) is 2.12. The van der Waals surface area contributed by atoms with Crippen molar-refractivity contribution in [3.8, 4) is 5.75 Å². The standard InChI is InChI=1S/C12H15NO5S/c1-18-10-4-2-3-5-11(10)19(16,17)13-7-6-9(8-13)12(14)15/h2-5,9H,6-8H2,1H3,(H,14,15)/t9-/m1/s1. The van der Waals surface area contributed by atoms with Crippen LogP contribution in [-0.2, 0) is 14.8 Å². The molecule has 7 heteroatoms. The summed E-state index contributed by atoms with van der Waals surface area (Å²) in [5.74, 6) is -1.33. The number of carbonyl (C=O) groups is 1.